The van der Waals surface area contributed by atoms with E-state index in [-0.39, 0.29) is 0 Å². The first-order valence-electron chi connectivity index (χ1n) is 11.4. The normalized spacial score (nSPS) is 11.0. The molecule has 0 bridgehead atoms. The summed E-state index contributed by atoms with van der Waals surface area (Å²) in [6, 6.07) is 22.5. The molecule has 3 aromatic rings. The van der Waals surface area contributed by atoms with Gasteiger partial charge in [-0.3, -0.25) is 4.98 Å². The molecular formula is C28H35N. The van der Waals surface area contributed by atoms with Gasteiger partial charge >= 0.3 is 0 Å². The molecular weight excluding hydrogens is 350 g/mol. The summed E-state index contributed by atoms with van der Waals surface area (Å²) in [5, 5.41) is 0. The van der Waals surface area contributed by atoms with Crippen LogP contribution in [0.4, 0.5) is 0 Å². The van der Waals surface area contributed by atoms with Gasteiger partial charge in [0.05, 0.1) is 5.69 Å². The third-order valence-electron chi connectivity index (χ3n) is 5.66. The highest BCUT2D eigenvalue weighted by Crippen LogP contribution is 2.19. The number of pyridine rings is 1. The van der Waals surface area contributed by atoms with Crippen LogP contribution in [-0.2, 0) is 25.7 Å². The van der Waals surface area contributed by atoms with Gasteiger partial charge in [0.2, 0.25) is 0 Å². The summed E-state index contributed by atoms with van der Waals surface area (Å²) in [4.78, 5) is 4.69. The summed E-state index contributed by atoms with van der Waals surface area (Å²) in [5.41, 5.74) is 7.88. The molecule has 0 aliphatic heterocycles. The van der Waals surface area contributed by atoms with Crippen LogP contribution in [0, 0.1) is 0 Å². The fraction of sp³-hybridized carbons (Fsp3) is 0.393. The molecule has 0 saturated heterocycles. The monoisotopic (exact) mass is 385 g/mol. The number of hydrogen-bond acceptors (Lipinski definition) is 1. The average Bonchev–Trinajstić information content (AvgIpc) is 2.77. The first kappa shape index (κ1) is 21.3. The molecule has 0 aliphatic rings. The number of aryl methyl sites for hydroxylation is 4. The fourth-order valence-electron chi connectivity index (χ4n) is 3.79. The van der Waals surface area contributed by atoms with Crippen LogP contribution in [0.2, 0.25) is 0 Å². The molecule has 1 heterocycles. The zero-order chi connectivity index (χ0) is 20.3. The van der Waals surface area contributed by atoms with Crippen molar-refractivity contribution in [2.75, 3.05) is 0 Å². The lowest BCUT2D eigenvalue weighted by atomic mass is 10.0. The standard InChI is InChI=1S/C28H35N/c1-3-5-6-7-9-26-18-21-28(29-22-26)27-19-16-25(17-20-27)15-14-24-12-10-23(8-4-2)11-13-24/h10-13,16-22H,3-9,14-15H2,1-2H3. The van der Waals surface area contributed by atoms with E-state index in [0.29, 0.717) is 0 Å². The van der Waals surface area contributed by atoms with Crippen LogP contribution >= 0.6 is 0 Å². The van der Waals surface area contributed by atoms with E-state index in [4.69, 9.17) is 4.98 Å². The van der Waals surface area contributed by atoms with Gasteiger partial charge in [0.25, 0.3) is 0 Å². The number of unbranched alkanes of at least 4 members (excludes halogenated alkanes) is 3. The molecule has 0 atom stereocenters. The van der Waals surface area contributed by atoms with Crippen LogP contribution in [0.5, 0.6) is 0 Å². The van der Waals surface area contributed by atoms with Crippen molar-refractivity contribution in [1.29, 1.82) is 0 Å². The van der Waals surface area contributed by atoms with Crippen molar-refractivity contribution >= 4 is 0 Å². The summed E-state index contributed by atoms with van der Waals surface area (Å²) in [5.74, 6) is 0. The Bertz CT molecular complexity index is 829. The molecule has 0 amide bonds. The summed E-state index contributed by atoms with van der Waals surface area (Å²) >= 11 is 0. The van der Waals surface area contributed by atoms with E-state index in [1.54, 1.807) is 0 Å². The lowest BCUT2D eigenvalue weighted by Crippen LogP contribution is -1.93. The van der Waals surface area contributed by atoms with Crippen LogP contribution in [0.25, 0.3) is 11.3 Å². The van der Waals surface area contributed by atoms with E-state index in [1.807, 2.05) is 0 Å². The second-order valence-corrected chi connectivity index (χ2v) is 8.13. The minimum Gasteiger partial charge on any atom is -0.256 e. The molecule has 0 unspecified atom stereocenters. The molecule has 0 aliphatic carbocycles. The van der Waals surface area contributed by atoms with Gasteiger partial charge in [-0.25, -0.2) is 0 Å². The van der Waals surface area contributed by atoms with Crippen LogP contribution in [0.3, 0.4) is 0 Å². The predicted octanol–water partition coefficient (Wildman–Crippen LogP) is 7.61. The van der Waals surface area contributed by atoms with Crippen molar-refractivity contribution in [1.82, 2.24) is 4.98 Å². The lowest BCUT2D eigenvalue weighted by Gasteiger charge is -2.07. The molecule has 0 radical (unpaired) electrons. The highest BCUT2D eigenvalue weighted by atomic mass is 14.7. The highest BCUT2D eigenvalue weighted by molar-refractivity contribution is 5.59. The minimum atomic E-state index is 1.07. The fourth-order valence-corrected chi connectivity index (χ4v) is 3.79. The summed E-state index contributed by atoms with van der Waals surface area (Å²) in [6.07, 6.45) is 13.0. The topological polar surface area (TPSA) is 12.9 Å². The van der Waals surface area contributed by atoms with Gasteiger partial charge in [0.1, 0.15) is 0 Å². The van der Waals surface area contributed by atoms with Crippen LogP contribution in [-0.4, -0.2) is 4.98 Å². The van der Waals surface area contributed by atoms with Gasteiger partial charge in [-0.05, 0) is 60.4 Å². The maximum atomic E-state index is 4.69. The van der Waals surface area contributed by atoms with Crippen molar-refractivity contribution in [2.24, 2.45) is 0 Å². The zero-order valence-corrected chi connectivity index (χ0v) is 18.2. The second kappa shape index (κ2) is 11.6. The van der Waals surface area contributed by atoms with Gasteiger partial charge in [-0.2, -0.15) is 0 Å². The van der Waals surface area contributed by atoms with E-state index in [2.05, 4.69) is 80.7 Å². The quantitative estimate of drug-likeness (QED) is 0.309. The number of hydrogen-bond donors (Lipinski definition) is 0. The van der Waals surface area contributed by atoms with E-state index in [9.17, 15) is 0 Å². The molecule has 1 heteroatoms. The Kier molecular flexibility index (Phi) is 8.49. The average molecular weight is 386 g/mol. The Morgan fingerprint density at radius 3 is 1.66 bits per heavy atom. The molecule has 2 aromatic carbocycles. The van der Waals surface area contributed by atoms with Crippen LogP contribution < -0.4 is 0 Å². The number of nitrogens with zero attached hydrogens (tertiary/aromatic N) is 1. The molecule has 1 aromatic heterocycles. The van der Waals surface area contributed by atoms with E-state index >= 15 is 0 Å². The Balaban J connectivity index is 1.51. The number of aromatic nitrogens is 1. The molecule has 0 saturated carbocycles. The molecule has 1 nitrogen and oxygen atoms in total. The largest absolute Gasteiger partial charge is 0.256 e. The zero-order valence-electron chi connectivity index (χ0n) is 18.2. The predicted molar refractivity (Wildman–Crippen MR) is 125 cm³/mol. The lowest BCUT2D eigenvalue weighted by molar-refractivity contribution is 0.666. The molecule has 29 heavy (non-hydrogen) atoms. The number of rotatable bonds is 11. The number of benzene rings is 2. The Morgan fingerprint density at radius 2 is 1.10 bits per heavy atom. The van der Waals surface area contributed by atoms with Crippen molar-refractivity contribution in [3.05, 3.63) is 89.1 Å². The third-order valence-corrected chi connectivity index (χ3v) is 5.66. The van der Waals surface area contributed by atoms with Crippen LogP contribution in [0.1, 0.15) is 68.2 Å². The van der Waals surface area contributed by atoms with Gasteiger partial charge in [0, 0.05) is 11.8 Å². The van der Waals surface area contributed by atoms with E-state index in [0.717, 1.165) is 25.0 Å². The van der Waals surface area contributed by atoms with Crippen molar-refractivity contribution in [3.63, 3.8) is 0 Å². The summed E-state index contributed by atoms with van der Waals surface area (Å²) in [6.45, 7) is 4.49. The van der Waals surface area contributed by atoms with Gasteiger partial charge < -0.3 is 0 Å². The van der Waals surface area contributed by atoms with E-state index in [1.165, 1.54) is 66.3 Å². The molecule has 0 fully saturated rings. The Labute approximate surface area is 177 Å². The van der Waals surface area contributed by atoms with Gasteiger partial charge in [0.15, 0.2) is 0 Å². The molecule has 3 rings (SSSR count). The van der Waals surface area contributed by atoms with Crippen molar-refractivity contribution in [3.8, 4) is 11.3 Å². The molecule has 152 valence electrons. The van der Waals surface area contributed by atoms with Crippen LogP contribution in [0.15, 0.2) is 66.9 Å². The smallest absolute Gasteiger partial charge is 0.0702 e. The SMILES string of the molecule is CCCCCCc1ccc(-c2ccc(CCc3ccc(CCC)cc3)cc2)nc1. The van der Waals surface area contributed by atoms with E-state index < -0.39 is 0 Å². The van der Waals surface area contributed by atoms with Crippen molar-refractivity contribution in [2.45, 2.75) is 71.6 Å². The second-order valence-electron chi connectivity index (χ2n) is 8.13. The Morgan fingerprint density at radius 1 is 0.517 bits per heavy atom. The maximum absolute atomic E-state index is 4.69. The highest BCUT2D eigenvalue weighted by Gasteiger charge is 2.02. The summed E-state index contributed by atoms with van der Waals surface area (Å²) in [7, 11) is 0. The first-order chi connectivity index (χ1) is 14.3. The van der Waals surface area contributed by atoms with Gasteiger partial charge in [-0.15, -0.1) is 0 Å². The molecule has 0 spiro atoms. The maximum Gasteiger partial charge on any atom is 0.0702 e. The van der Waals surface area contributed by atoms with Crippen molar-refractivity contribution < 1.29 is 0 Å². The minimum absolute atomic E-state index is 1.07. The summed E-state index contributed by atoms with van der Waals surface area (Å²) < 4.78 is 0. The third kappa shape index (κ3) is 6.85. The Hall–Kier alpha value is -2.41. The first-order valence-corrected chi connectivity index (χ1v) is 11.4. The molecule has 0 N–H and O–H groups in total. The van der Waals surface area contributed by atoms with Gasteiger partial charge in [-0.1, -0.05) is 94.1 Å².